The molecular weight excluding hydrogens is 638 g/mol. The van der Waals surface area contributed by atoms with Crippen molar-refractivity contribution in [2.45, 2.75) is 103 Å². The van der Waals surface area contributed by atoms with Crippen LogP contribution >= 0.6 is 0 Å². The van der Waals surface area contributed by atoms with Gasteiger partial charge in [0.1, 0.15) is 6.15 Å². The standard InChI is InChI=1S/C24H20B.2C5H10.C4H8O.C4H10O.Zr/c1-5-13-21(14-6-1)25(22-15-7-2-8-16-22,23-17-9-3-10-18-23)24-19-11-4-12-20-24;3*1-2-4-5-3-1;1-4(2,3)5;/h1-20H;2*1-5H2;1-4H2;5H,1-3H3;/q-1;;;;;+3. The first kappa shape index (κ1) is 39.9. The summed E-state index contributed by atoms with van der Waals surface area (Å²) in [6, 6.07) is 43.5. The molecule has 0 atom stereocenters. The van der Waals surface area contributed by atoms with Gasteiger partial charge in [-0.3, -0.25) is 0 Å². The van der Waals surface area contributed by atoms with E-state index in [0.29, 0.717) is 0 Å². The second-order valence-electron chi connectivity index (χ2n) is 13.5. The van der Waals surface area contributed by atoms with Crippen molar-refractivity contribution in [1.82, 2.24) is 0 Å². The molecule has 1 saturated heterocycles. The maximum atomic E-state index is 8.52. The fourth-order valence-electron chi connectivity index (χ4n) is 6.40. The zero-order valence-electron chi connectivity index (χ0n) is 28.9. The second-order valence-corrected chi connectivity index (χ2v) is 13.5. The average Bonchev–Trinajstić information content (AvgIpc) is 3.91. The molecule has 0 bridgehead atoms. The summed E-state index contributed by atoms with van der Waals surface area (Å²) in [5.41, 5.74) is 4.86. The summed E-state index contributed by atoms with van der Waals surface area (Å²) in [4.78, 5) is 0. The third-order valence-electron chi connectivity index (χ3n) is 8.53. The van der Waals surface area contributed by atoms with E-state index < -0.39 is 11.7 Å². The van der Waals surface area contributed by atoms with Gasteiger partial charge in [0, 0.05) is 13.2 Å². The van der Waals surface area contributed by atoms with Gasteiger partial charge in [-0.1, -0.05) is 186 Å². The van der Waals surface area contributed by atoms with Crippen molar-refractivity contribution >= 4 is 28.0 Å². The van der Waals surface area contributed by atoms with E-state index in [2.05, 4.69) is 121 Å². The van der Waals surface area contributed by atoms with Crippen molar-refractivity contribution in [3.63, 3.8) is 0 Å². The zero-order chi connectivity index (χ0) is 32.1. The van der Waals surface area contributed by atoms with Crippen molar-refractivity contribution in [2.75, 3.05) is 13.2 Å². The van der Waals surface area contributed by atoms with Crippen molar-refractivity contribution in [1.29, 1.82) is 0 Å². The van der Waals surface area contributed by atoms with Crippen LogP contribution in [0.2, 0.25) is 0 Å². The first-order chi connectivity index (χ1) is 21.9. The third-order valence-corrected chi connectivity index (χ3v) is 8.53. The Kier molecular flexibility index (Phi) is 20.1. The largest absolute Gasteiger partial charge is 3.00 e. The predicted molar refractivity (Wildman–Crippen MR) is 198 cm³/mol. The Morgan fingerprint density at radius 3 is 0.761 bits per heavy atom. The molecule has 0 amide bonds. The van der Waals surface area contributed by atoms with E-state index in [1.807, 2.05) is 0 Å². The van der Waals surface area contributed by atoms with Crippen LogP contribution in [0.4, 0.5) is 0 Å². The molecule has 1 aliphatic heterocycles. The van der Waals surface area contributed by atoms with E-state index in [0.717, 1.165) is 13.2 Å². The minimum atomic E-state index is -1.22. The van der Waals surface area contributed by atoms with Crippen molar-refractivity contribution in [3.05, 3.63) is 121 Å². The minimum absolute atomic E-state index is 0. The third kappa shape index (κ3) is 14.7. The summed E-state index contributed by atoms with van der Waals surface area (Å²) in [6.45, 7) is 7.23. The molecule has 0 unspecified atom stereocenters. The summed E-state index contributed by atoms with van der Waals surface area (Å²) >= 11 is 0. The summed E-state index contributed by atoms with van der Waals surface area (Å²) in [5, 5.41) is 8.52. The number of hydrogen-bond acceptors (Lipinski definition) is 2. The molecule has 3 aliphatic rings. The molecule has 4 aromatic carbocycles. The van der Waals surface area contributed by atoms with Gasteiger partial charge in [-0.05, 0) is 33.6 Å². The average molecular weight is 697 g/mol. The molecule has 1 heterocycles. The molecule has 4 heteroatoms. The van der Waals surface area contributed by atoms with E-state index in [1.54, 1.807) is 20.8 Å². The van der Waals surface area contributed by atoms with Gasteiger partial charge < -0.3 is 9.84 Å². The van der Waals surface area contributed by atoms with Crippen LogP contribution in [0.15, 0.2) is 121 Å². The molecule has 2 saturated carbocycles. The Balaban J connectivity index is 0.000000281. The summed E-state index contributed by atoms with van der Waals surface area (Å²) in [5.74, 6) is 0. The topological polar surface area (TPSA) is 29.5 Å². The van der Waals surface area contributed by atoms with Crippen LogP contribution in [0.3, 0.4) is 0 Å². The molecule has 2 aliphatic carbocycles. The van der Waals surface area contributed by atoms with Gasteiger partial charge in [0.25, 0.3) is 0 Å². The van der Waals surface area contributed by atoms with Crippen LogP contribution in [0.1, 0.15) is 97.8 Å². The molecule has 0 spiro atoms. The summed E-state index contributed by atoms with van der Waals surface area (Å²) < 4.78 is 4.94. The zero-order valence-corrected chi connectivity index (χ0v) is 31.3. The molecule has 0 aromatic heterocycles. The van der Waals surface area contributed by atoms with Crippen LogP contribution in [-0.4, -0.2) is 30.1 Å². The Morgan fingerprint density at radius 1 is 0.413 bits per heavy atom. The van der Waals surface area contributed by atoms with Gasteiger partial charge in [0.15, 0.2) is 0 Å². The molecule has 4 aromatic rings. The van der Waals surface area contributed by atoms with Gasteiger partial charge in [0.05, 0.1) is 5.60 Å². The molecule has 1 radical (unpaired) electrons. The number of benzene rings is 4. The summed E-state index contributed by atoms with van der Waals surface area (Å²) in [6.07, 6.45) is 16.3. The van der Waals surface area contributed by atoms with Gasteiger partial charge in [-0.15, -0.1) is 0 Å². The SMILES string of the molecule is C1CCCC1.C1CCCC1.C1CCOC1.CC(C)(C)O.[Zr+3].c1ccc([B-](c2ccccc2)(c2ccccc2)c2ccccc2)cc1. The van der Waals surface area contributed by atoms with Crippen LogP contribution in [0, 0.1) is 0 Å². The van der Waals surface area contributed by atoms with E-state index in [9.17, 15) is 0 Å². The first-order valence-corrected chi connectivity index (χ1v) is 17.6. The molecule has 243 valence electrons. The van der Waals surface area contributed by atoms with Crippen LogP contribution < -0.4 is 21.9 Å². The Morgan fingerprint density at radius 2 is 0.609 bits per heavy atom. The Labute approximate surface area is 300 Å². The number of hydrogen-bond donors (Lipinski definition) is 1. The monoisotopic (exact) mass is 695 g/mol. The minimum Gasteiger partial charge on any atom is -0.391 e. The number of aliphatic hydroxyl groups is 1. The van der Waals surface area contributed by atoms with Gasteiger partial charge in [-0.2, -0.15) is 21.9 Å². The van der Waals surface area contributed by atoms with Crippen LogP contribution in [0.25, 0.3) is 0 Å². The first-order valence-electron chi connectivity index (χ1n) is 17.6. The molecule has 46 heavy (non-hydrogen) atoms. The smallest absolute Gasteiger partial charge is 0.391 e. The maximum absolute atomic E-state index is 8.52. The maximum Gasteiger partial charge on any atom is 3.00 e. The number of rotatable bonds is 4. The van der Waals surface area contributed by atoms with Crippen LogP contribution in [0.5, 0.6) is 0 Å². The fourth-order valence-corrected chi connectivity index (χ4v) is 6.40. The van der Waals surface area contributed by atoms with Gasteiger partial charge >= 0.3 is 26.2 Å². The molecular formula is C42H58BO2Zr+2. The molecule has 7 rings (SSSR count). The molecule has 3 fully saturated rings. The predicted octanol–water partition coefficient (Wildman–Crippen LogP) is 8.54. The molecule has 2 nitrogen and oxygen atoms in total. The Hall–Kier alpha value is -2.25. The number of ether oxygens (including phenoxy) is 1. The van der Waals surface area contributed by atoms with Gasteiger partial charge in [-0.25, -0.2) is 0 Å². The van der Waals surface area contributed by atoms with Crippen molar-refractivity contribution in [3.8, 4) is 0 Å². The van der Waals surface area contributed by atoms with Crippen LogP contribution in [-0.2, 0) is 30.9 Å². The second kappa shape index (κ2) is 23.1. The van der Waals surface area contributed by atoms with Crippen molar-refractivity contribution < 1.29 is 36.0 Å². The fraction of sp³-hybridized carbons (Fsp3) is 0.429. The molecule has 1 N–H and O–H groups in total. The van der Waals surface area contributed by atoms with Gasteiger partial charge in [0.2, 0.25) is 0 Å². The van der Waals surface area contributed by atoms with E-state index in [1.165, 1.54) is 98.9 Å². The Bertz CT molecular complexity index is 1030. The normalized spacial score (nSPS) is 15.2. The van der Waals surface area contributed by atoms with E-state index >= 15 is 0 Å². The van der Waals surface area contributed by atoms with Crippen molar-refractivity contribution in [2.24, 2.45) is 0 Å². The summed E-state index contributed by atoms with van der Waals surface area (Å²) in [7, 11) is 0. The quantitative estimate of drug-likeness (QED) is 0.217. The van der Waals surface area contributed by atoms with E-state index in [4.69, 9.17) is 9.84 Å². The van der Waals surface area contributed by atoms with E-state index in [-0.39, 0.29) is 26.2 Å².